The fourth-order valence-electron chi connectivity index (χ4n) is 0.791. The van der Waals surface area contributed by atoms with Crippen LogP contribution in [0.1, 0.15) is 17.3 Å². The van der Waals surface area contributed by atoms with Gasteiger partial charge in [-0.05, 0) is 11.4 Å². The second-order valence-corrected chi connectivity index (χ2v) is 3.20. The van der Waals surface area contributed by atoms with Crippen molar-refractivity contribution in [2.45, 2.75) is 12.5 Å². The molecule has 5 heteroatoms. The van der Waals surface area contributed by atoms with E-state index in [0.29, 0.717) is 0 Å². The van der Waals surface area contributed by atoms with Crippen molar-refractivity contribution in [3.63, 3.8) is 0 Å². The zero-order valence-electron chi connectivity index (χ0n) is 6.27. The molecule has 1 atom stereocenters. The highest BCUT2D eigenvalue weighted by Gasteiger charge is 2.10. The van der Waals surface area contributed by atoms with E-state index in [0.717, 1.165) is 4.88 Å². The van der Waals surface area contributed by atoms with Gasteiger partial charge in [-0.3, -0.25) is 4.79 Å². The van der Waals surface area contributed by atoms with Crippen LogP contribution in [-0.2, 0) is 4.79 Å². The zero-order valence-corrected chi connectivity index (χ0v) is 7.90. The van der Waals surface area contributed by atoms with E-state index in [9.17, 15) is 4.79 Å². The standard InChI is InChI=1S/C7H9NO2S.ClH/c8-5(4-7(9)10)6-2-1-3-11-6;/h1-3,5H,4,8H2,(H,9,10);1H/t5-;/m1./s1. The number of carbonyl (C=O) groups is 1. The number of rotatable bonds is 3. The Morgan fingerprint density at radius 2 is 2.42 bits per heavy atom. The normalized spacial score (nSPS) is 11.8. The topological polar surface area (TPSA) is 63.3 Å². The SMILES string of the molecule is Cl.N[C@H](CC(=O)O)c1cccs1. The van der Waals surface area contributed by atoms with Crippen molar-refractivity contribution >= 4 is 29.7 Å². The Kier molecular flexibility index (Phi) is 4.89. The van der Waals surface area contributed by atoms with Gasteiger partial charge in [0.2, 0.25) is 0 Å². The minimum absolute atomic E-state index is 0. The maximum absolute atomic E-state index is 10.2. The van der Waals surface area contributed by atoms with Gasteiger partial charge in [-0.1, -0.05) is 6.07 Å². The van der Waals surface area contributed by atoms with Crippen molar-refractivity contribution in [1.82, 2.24) is 0 Å². The summed E-state index contributed by atoms with van der Waals surface area (Å²) < 4.78 is 0. The van der Waals surface area contributed by atoms with E-state index < -0.39 is 5.97 Å². The molecule has 1 rings (SSSR count). The van der Waals surface area contributed by atoms with Crippen LogP contribution in [0.5, 0.6) is 0 Å². The highest BCUT2D eigenvalue weighted by molar-refractivity contribution is 7.10. The van der Waals surface area contributed by atoms with E-state index in [1.54, 1.807) is 0 Å². The minimum atomic E-state index is -0.856. The van der Waals surface area contributed by atoms with Crippen molar-refractivity contribution in [1.29, 1.82) is 0 Å². The molecule has 0 unspecified atom stereocenters. The van der Waals surface area contributed by atoms with Crippen LogP contribution in [-0.4, -0.2) is 11.1 Å². The van der Waals surface area contributed by atoms with Gasteiger partial charge in [0.25, 0.3) is 0 Å². The summed E-state index contributed by atoms with van der Waals surface area (Å²) in [7, 11) is 0. The Labute approximate surface area is 80.6 Å². The van der Waals surface area contributed by atoms with Crippen LogP contribution >= 0.6 is 23.7 Å². The number of carboxylic acid groups (broad SMARTS) is 1. The van der Waals surface area contributed by atoms with E-state index in [4.69, 9.17) is 10.8 Å². The molecule has 3 N–H and O–H groups in total. The Balaban J connectivity index is 0.00000121. The minimum Gasteiger partial charge on any atom is -0.481 e. The molecule has 1 heterocycles. The average Bonchev–Trinajstić information content (AvgIpc) is 2.35. The molecule has 0 radical (unpaired) electrons. The molecule has 1 aromatic rings. The predicted molar refractivity (Wildman–Crippen MR) is 50.7 cm³/mol. The molecule has 0 saturated carbocycles. The first-order valence-corrected chi connectivity index (χ1v) is 4.09. The zero-order chi connectivity index (χ0) is 8.27. The molecular weight excluding hydrogens is 198 g/mol. The molecule has 0 aliphatic heterocycles. The number of aliphatic carboxylic acids is 1. The molecule has 0 amide bonds. The van der Waals surface area contributed by atoms with Crippen LogP contribution in [0.2, 0.25) is 0 Å². The highest BCUT2D eigenvalue weighted by Crippen LogP contribution is 2.18. The van der Waals surface area contributed by atoms with Crippen molar-refractivity contribution < 1.29 is 9.90 Å². The van der Waals surface area contributed by atoms with Gasteiger partial charge in [-0.15, -0.1) is 23.7 Å². The van der Waals surface area contributed by atoms with Crippen LogP contribution < -0.4 is 5.73 Å². The largest absolute Gasteiger partial charge is 0.481 e. The van der Waals surface area contributed by atoms with Crippen molar-refractivity contribution in [2.75, 3.05) is 0 Å². The van der Waals surface area contributed by atoms with E-state index in [1.807, 2.05) is 17.5 Å². The lowest BCUT2D eigenvalue weighted by atomic mass is 10.2. The molecule has 0 aliphatic rings. The van der Waals surface area contributed by atoms with Gasteiger partial charge in [0.05, 0.1) is 6.42 Å². The predicted octanol–water partition coefficient (Wildman–Crippen LogP) is 1.64. The number of hydrogen-bond acceptors (Lipinski definition) is 3. The van der Waals surface area contributed by atoms with Gasteiger partial charge in [0.15, 0.2) is 0 Å². The summed E-state index contributed by atoms with van der Waals surface area (Å²) in [6.07, 6.45) is 0.000509. The molecule has 0 saturated heterocycles. The number of nitrogens with two attached hydrogens (primary N) is 1. The van der Waals surface area contributed by atoms with Crippen LogP contribution in [0.4, 0.5) is 0 Å². The molecule has 0 spiro atoms. The number of thiophene rings is 1. The number of carboxylic acids is 1. The van der Waals surface area contributed by atoms with Crippen LogP contribution in [0.25, 0.3) is 0 Å². The fraction of sp³-hybridized carbons (Fsp3) is 0.286. The van der Waals surface area contributed by atoms with Crippen LogP contribution in [0, 0.1) is 0 Å². The summed E-state index contributed by atoms with van der Waals surface area (Å²) in [4.78, 5) is 11.2. The third-order valence-electron chi connectivity index (χ3n) is 1.30. The van der Waals surface area contributed by atoms with Gasteiger partial charge < -0.3 is 10.8 Å². The summed E-state index contributed by atoms with van der Waals surface area (Å²) in [6.45, 7) is 0. The highest BCUT2D eigenvalue weighted by atomic mass is 35.5. The third kappa shape index (κ3) is 3.21. The first-order valence-electron chi connectivity index (χ1n) is 3.21. The molecule has 3 nitrogen and oxygen atoms in total. The Bertz CT molecular complexity index is 238. The lowest BCUT2D eigenvalue weighted by Crippen LogP contribution is -2.13. The van der Waals surface area contributed by atoms with Crippen molar-refractivity contribution in [2.24, 2.45) is 5.73 Å². The van der Waals surface area contributed by atoms with E-state index >= 15 is 0 Å². The molecule has 0 fully saturated rings. The molecular formula is C7H10ClNO2S. The molecule has 0 bridgehead atoms. The second kappa shape index (κ2) is 5.13. The quantitative estimate of drug-likeness (QED) is 0.792. The van der Waals surface area contributed by atoms with Crippen LogP contribution in [0.15, 0.2) is 17.5 Å². The van der Waals surface area contributed by atoms with Gasteiger partial charge in [-0.2, -0.15) is 0 Å². The lowest BCUT2D eigenvalue weighted by Gasteiger charge is -2.03. The van der Waals surface area contributed by atoms with Gasteiger partial charge >= 0.3 is 5.97 Å². The second-order valence-electron chi connectivity index (χ2n) is 2.22. The smallest absolute Gasteiger partial charge is 0.305 e. The number of hydrogen-bond donors (Lipinski definition) is 2. The van der Waals surface area contributed by atoms with Crippen LogP contribution in [0.3, 0.4) is 0 Å². The first-order chi connectivity index (χ1) is 5.20. The lowest BCUT2D eigenvalue weighted by molar-refractivity contribution is -0.137. The summed E-state index contributed by atoms with van der Waals surface area (Å²) in [5.41, 5.74) is 5.57. The molecule has 12 heavy (non-hydrogen) atoms. The monoisotopic (exact) mass is 207 g/mol. The summed E-state index contributed by atoms with van der Waals surface area (Å²) in [5, 5.41) is 10.3. The molecule has 1 aromatic heterocycles. The maximum atomic E-state index is 10.2. The summed E-state index contributed by atoms with van der Waals surface area (Å²) >= 11 is 1.48. The molecule has 0 aliphatic carbocycles. The summed E-state index contributed by atoms with van der Waals surface area (Å²) in [6, 6.07) is 3.35. The first kappa shape index (κ1) is 11.4. The van der Waals surface area contributed by atoms with Crippen molar-refractivity contribution in [3.8, 4) is 0 Å². The Hall–Kier alpha value is -0.580. The Morgan fingerprint density at radius 1 is 1.75 bits per heavy atom. The molecule has 68 valence electrons. The van der Waals surface area contributed by atoms with E-state index in [-0.39, 0.29) is 24.9 Å². The summed E-state index contributed by atoms with van der Waals surface area (Å²) in [5.74, 6) is -0.856. The third-order valence-corrected chi connectivity index (χ3v) is 2.31. The van der Waals surface area contributed by atoms with E-state index in [1.165, 1.54) is 11.3 Å². The fourth-order valence-corrected chi connectivity index (χ4v) is 1.52. The van der Waals surface area contributed by atoms with Gasteiger partial charge in [0.1, 0.15) is 0 Å². The maximum Gasteiger partial charge on any atom is 0.305 e. The van der Waals surface area contributed by atoms with Gasteiger partial charge in [-0.25, -0.2) is 0 Å². The number of halogens is 1. The average molecular weight is 208 g/mol. The van der Waals surface area contributed by atoms with Crippen molar-refractivity contribution in [3.05, 3.63) is 22.4 Å². The van der Waals surface area contributed by atoms with Gasteiger partial charge in [0, 0.05) is 10.9 Å². The van der Waals surface area contributed by atoms with E-state index in [2.05, 4.69) is 0 Å². The molecule has 0 aromatic carbocycles. The Morgan fingerprint density at radius 3 is 2.83 bits per heavy atom.